The molecule has 0 atom stereocenters. The zero-order valence-electron chi connectivity index (χ0n) is 17.2. The van der Waals surface area contributed by atoms with Crippen molar-refractivity contribution >= 4 is 17.6 Å². The Hall–Kier alpha value is -3.55. The van der Waals surface area contributed by atoms with E-state index in [4.69, 9.17) is 4.42 Å². The molecular formula is C22H25N5O3. The summed E-state index contributed by atoms with van der Waals surface area (Å²) in [5.41, 5.74) is 3.89. The van der Waals surface area contributed by atoms with Crippen LogP contribution < -0.4 is 5.32 Å². The Morgan fingerprint density at radius 3 is 2.47 bits per heavy atom. The Bertz CT molecular complexity index is 1030. The molecule has 1 aliphatic rings. The van der Waals surface area contributed by atoms with E-state index in [1.165, 1.54) is 6.26 Å². The van der Waals surface area contributed by atoms with E-state index in [1.54, 1.807) is 21.9 Å². The summed E-state index contributed by atoms with van der Waals surface area (Å²) in [4.78, 5) is 28.5. The molecule has 1 aromatic carbocycles. The highest BCUT2D eigenvalue weighted by Crippen LogP contribution is 2.15. The molecule has 1 N–H and O–H groups in total. The van der Waals surface area contributed by atoms with Gasteiger partial charge in [-0.25, -0.2) is 4.79 Å². The minimum atomic E-state index is -0.164. The summed E-state index contributed by atoms with van der Waals surface area (Å²) in [6.45, 7) is 6.56. The number of carbonyl (C=O) groups excluding carboxylic acids is 2. The monoisotopic (exact) mass is 407 g/mol. The van der Waals surface area contributed by atoms with Crippen molar-refractivity contribution in [1.29, 1.82) is 0 Å². The fourth-order valence-corrected chi connectivity index (χ4v) is 3.63. The van der Waals surface area contributed by atoms with Crippen LogP contribution in [-0.2, 0) is 6.54 Å². The Labute approximate surface area is 175 Å². The third-order valence-corrected chi connectivity index (χ3v) is 5.20. The van der Waals surface area contributed by atoms with Crippen molar-refractivity contribution in [3.05, 3.63) is 71.4 Å². The molecular weight excluding hydrogens is 382 g/mol. The minimum Gasteiger partial charge on any atom is -0.459 e. The number of amides is 3. The van der Waals surface area contributed by atoms with Gasteiger partial charge in [-0.2, -0.15) is 5.10 Å². The number of nitrogens with zero attached hydrogens (tertiary/aromatic N) is 4. The van der Waals surface area contributed by atoms with Crippen LogP contribution in [0, 0.1) is 13.8 Å². The average molecular weight is 407 g/mol. The molecule has 8 nitrogen and oxygen atoms in total. The zero-order chi connectivity index (χ0) is 21.1. The number of urea groups is 1. The number of anilines is 1. The predicted molar refractivity (Wildman–Crippen MR) is 112 cm³/mol. The summed E-state index contributed by atoms with van der Waals surface area (Å²) in [6.07, 6.45) is 1.49. The number of furan rings is 1. The van der Waals surface area contributed by atoms with Gasteiger partial charge in [0.05, 0.1) is 18.5 Å². The van der Waals surface area contributed by atoms with Crippen molar-refractivity contribution in [3.8, 4) is 0 Å². The largest absolute Gasteiger partial charge is 0.459 e. The Morgan fingerprint density at radius 1 is 1.03 bits per heavy atom. The van der Waals surface area contributed by atoms with Gasteiger partial charge in [-0.15, -0.1) is 0 Å². The van der Waals surface area contributed by atoms with Gasteiger partial charge in [-0.1, -0.05) is 12.1 Å². The molecule has 0 unspecified atom stereocenters. The smallest absolute Gasteiger partial charge is 0.321 e. The van der Waals surface area contributed by atoms with Crippen LogP contribution in [0.25, 0.3) is 0 Å². The molecule has 8 heteroatoms. The van der Waals surface area contributed by atoms with E-state index >= 15 is 0 Å². The number of aryl methyl sites for hydroxylation is 2. The molecule has 0 radical (unpaired) electrons. The number of carbonyl (C=O) groups is 2. The van der Waals surface area contributed by atoms with Crippen LogP contribution >= 0.6 is 0 Å². The number of hydrogen-bond acceptors (Lipinski definition) is 4. The number of piperazine rings is 1. The van der Waals surface area contributed by atoms with Gasteiger partial charge in [0, 0.05) is 37.6 Å². The molecule has 4 rings (SSSR count). The SMILES string of the molecule is Cc1cc(C)n(Cc2cccc(NC(=O)N3CCN(C(=O)c4ccco4)CC3)c2)n1. The first-order valence-corrected chi connectivity index (χ1v) is 9.98. The first-order valence-electron chi connectivity index (χ1n) is 9.98. The highest BCUT2D eigenvalue weighted by atomic mass is 16.3. The Kier molecular flexibility index (Phi) is 5.56. The van der Waals surface area contributed by atoms with Crippen LogP contribution in [-0.4, -0.2) is 57.7 Å². The molecule has 156 valence electrons. The van der Waals surface area contributed by atoms with Crippen molar-refractivity contribution in [2.75, 3.05) is 31.5 Å². The Morgan fingerprint density at radius 2 is 1.80 bits per heavy atom. The summed E-state index contributed by atoms with van der Waals surface area (Å²) >= 11 is 0. The van der Waals surface area contributed by atoms with E-state index < -0.39 is 0 Å². The van der Waals surface area contributed by atoms with E-state index in [1.807, 2.05) is 48.9 Å². The molecule has 1 saturated heterocycles. The molecule has 0 spiro atoms. The summed E-state index contributed by atoms with van der Waals surface area (Å²) in [7, 11) is 0. The maximum Gasteiger partial charge on any atom is 0.321 e. The zero-order valence-corrected chi connectivity index (χ0v) is 17.2. The van der Waals surface area contributed by atoms with Gasteiger partial charge in [-0.05, 0) is 49.7 Å². The molecule has 0 aliphatic carbocycles. The quantitative estimate of drug-likeness (QED) is 0.720. The lowest BCUT2D eigenvalue weighted by Crippen LogP contribution is -2.51. The van der Waals surface area contributed by atoms with Crippen LogP contribution in [0.2, 0.25) is 0 Å². The molecule has 0 bridgehead atoms. The van der Waals surface area contributed by atoms with E-state index in [-0.39, 0.29) is 11.9 Å². The summed E-state index contributed by atoms with van der Waals surface area (Å²) < 4.78 is 7.12. The van der Waals surface area contributed by atoms with Crippen molar-refractivity contribution in [1.82, 2.24) is 19.6 Å². The van der Waals surface area contributed by atoms with E-state index in [0.29, 0.717) is 38.5 Å². The summed E-state index contributed by atoms with van der Waals surface area (Å²) in [6, 6.07) is 13.0. The van der Waals surface area contributed by atoms with Crippen LogP contribution in [0.1, 0.15) is 27.5 Å². The topological polar surface area (TPSA) is 83.6 Å². The van der Waals surface area contributed by atoms with Gasteiger partial charge in [-0.3, -0.25) is 9.48 Å². The Balaban J connectivity index is 1.33. The number of nitrogens with one attached hydrogen (secondary N) is 1. The molecule has 30 heavy (non-hydrogen) atoms. The second-order valence-corrected chi connectivity index (χ2v) is 7.47. The standard InChI is InChI=1S/C22H25N5O3/c1-16-13-17(2)27(24-16)15-18-5-3-6-19(14-18)23-22(29)26-10-8-25(9-11-26)21(28)20-7-4-12-30-20/h3-7,12-14H,8-11,15H2,1-2H3,(H,23,29). The first-order chi connectivity index (χ1) is 14.5. The first kappa shape index (κ1) is 19.8. The lowest BCUT2D eigenvalue weighted by molar-refractivity contribution is 0.0640. The van der Waals surface area contributed by atoms with Gasteiger partial charge in [0.25, 0.3) is 5.91 Å². The van der Waals surface area contributed by atoms with E-state index in [2.05, 4.69) is 10.4 Å². The minimum absolute atomic E-state index is 0.142. The lowest BCUT2D eigenvalue weighted by Gasteiger charge is -2.34. The molecule has 0 saturated carbocycles. The second kappa shape index (κ2) is 8.44. The lowest BCUT2D eigenvalue weighted by atomic mass is 10.2. The van der Waals surface area contributed by atoms with Crippen LogP contribution in [0.4, 0.5) is 10.5 Å². The van der Waals surface area contributed by atoms with Gasteiger partial charge in [0.2, 0.25) is 0 Å². The van der Waals surface area contributed by atoms with Crippen molar-refractivity contribution in [2.24, 2.45) is 0 Å². The molecule has 3 amide bonds. The van der Waals surface area contributed by atoms with Crippen molar-refractivity contribution in [3.63, 3.8) is 0 Å². The molecule has 1 aliphatic heterocycles. The van der Waals surface area contributed by atoms with Gasteiger partial charge in [0.1, 0.15) is 0 Å². The third-order valence-electron chi connectivity index (χ3n) is 5.20. The summed E-state index contributed by atoms with van der Waals surface area (Å²) in [5.74, 6) is 0.184. The van der Waals surface area contributed by atoms with Crippen molar-refractivity contribution in [2.45, 2.75) is 20.4 Å². The van der Waals surface area contributed by atoms with Crippen LogP contribution in [0.3, 0.4) is 0 Å². The van der Waals surface area contributed by atoms with Crippen LogP contribution in [0.5, 0.6) is 0 Å². The third kappa shape index (κ3) is 4.37. The van der Waals surface area contributed by atoms with Crippen molar-refractivity contribution < 1.29 is 14.0 Å². The molecule has 3 heterocycles. The fraction of sp³-hybridized carbons (Fsp3) is 0.318. The number of aromatic nitrogens is 2. The van der Waals surface area contributed by atoms with Gasteiger partial charge < -0.3 is 19.5 Å². The highest BCUT2D eigenvalue weighted by molar-refractivity contribution is 5.92. The fourth-order valence-electron chi connectivity index (χ4n) is 3.63. The van der Waals surface area contributed by atoms with Gasteiger partial charge in [0.15, 0.2) is 5.76 Å². The molecule has 1 fully saturated rings. The molecule has 3 aromatic rings. The molecule has 2 aromatic heterocycles. The second-order valence-electron chi connectivity index (χ2n) is 7.47. The van der Waals surface area contributed by atoms with Crippen LogP contribution in [0.15, 0.2) is 53.1 Å². The number of hydrogen-bond donors (Lipinski definition) is 1. The predicted octanol–water partition coefficient (Wildman–Crippen LogP) is 3.13. The van der Waals surface area contributed by atoms with Gasteiger partial charge >= 0.3 is 6.03 Å². The van der Waals surface area contributed by atoms with E-state index in [0.717, 1.165) is 22.6 Å². The highest BCUT2D eigenvalue weighted by Gasteiger charge is 2.26. The number of benzene rings is 1. The average Bonchev–Trinajstić information content (AvgIpc) is 3.38. The maximum atomic E-state index is 12.7. The van der Waals surface area contributed by atoms with E-state index in [9.17, 15) is 9.59 Å². The normalized spacial score (nSPS) is 14.1. The summed E-state index contributed by atoms with van der Waals surface area (Å²) in [5, 5.41) is 7.46. The maximum absolute atomic E-state index is 12.7. The number of rotatable bonds is 4.